The van der Waals surface area contributed by atoms with Crippen LogP contribution in [0.5, 0.6) is 0 Å². The molecule has 3 rings (SSSR count). The topological polar surface area (TPSA) is 55.0 Å². The van der Waals surface area contributed by atoms with Gasteiger partial charge in [0.2, 0.25) is 0 Å². The Labute approximate surface area is 107 Å². The molecule has 0 saturated carbocycles. The molecule has 2 heterocycles. The SMILES string of the molecule is Cc1nnc(N2CC(C)C(N)C2)c2ccccc12. The van der Waals surface area contributed by atoms with Gasteiger partial charge in [0, 0.05) is 29.9 Å². The molecule has 2 unspecified atom stereocenters. The van der Waals surface area contributed by atoms with Gasteiger partial charge in [-0.05, 0) is 12.8 Å². The molecule has 0 bridgehead atoms. The summed E-state index contributed by atoms with van der Waals surface area (Å²) >= 11 is 0. The van der Waals surface area contributed by atoms with Gasteiger partial charge in [-0.15, -0.1) is 5.10 Å². The minimum absolute atomic E-state index is 0.229. The second kappa shape index (κ2) is 4.21. The van der Waals surface area contributed by atoms with E-state index >= 15 is 0 Å². The maximum Gasteiger partial charge on any atom is 0.159 e. The predicted molar refractivity (Wildman–Crippen MR) is 73.6 cm³/mol. The Kier molecular flexibility index (Phi) is 2.67. The fourth-order valence-corrected chi connectivity index (χ4v) is 2.62. The average molecular weight is 242 g/mol. The minimum atomic E-state index is 0.229. The number of anilines is 1. The Bertz CT molecular complexity index is 571. The predicted octanol–water partition coefficient (Wildman–Crippen LogP) is 1.72. The first-order valence-corrected chi connectivity index (χ1v) is 6.39. The van der Waals surface area contributed by atoms with E-state index in [4.69, 9.17) is 5.73 Å². The van der Waals surface area contributed by atoms with Crippen molar-refractivity contribution in [3.63, 3.8) is 0 Å². The number of nitrogens with two attached hydrogens (primary N) is 1. The zero-order chi connectivity index (χ0) is 12.7. The summed E-state index contributed by atoms with van der Waals surface area (Å²) in [6, 6.07) is 8.53. The van der Waals surface area contributed by atoms with E-state index in [-0.39, 0.29) is 6.04 Å². The smallest absolute Gasteiger partial charge is 0.159 e. The second-order valence-corrected chi connectivity index (χ2v) is 5.20. The van der Waals surface area contributed by atoms with Crippen LogP contribution in [0.25, 0.3) is 10.8 Å². The molecule has 2 aromatic rings. The summed E-state index contributed by atoms with van der Waals surface area (Å²) in [5.74, 6) is 1.47. The van der Waals surface area contributed by atoms with E-state index in [0.717, 1.165) is 24.6 Å². The first-order valence-electron chi connectivity index (χ1n) is 6.39. The molecule has 0 spiro atoms. The normalized spacial score (nSPS) is 23.8. The molecule has 18 heavy (non-hydrogen) atoms. The van der Waals surface area contributed by atoms with Gasteiger partial charge in [0.25, 0.3) is 0 Å². The Balaban J connectivity index is 2.10. The summed E-state index contributed by atoms with van der Waals surface area (Å²) < 4.78 is 0. The van der Waals surface area contributed by atoms with Crippen LogP contribution in [0.2, 0.25) is 0 Å². The lowest BCUT2D eigenvalue weighted by molar-refractivity contribution is 0.566. The average Bonchev–Trinajstić information content (AvgIpc) is 2.70. The van der Waals surface area contributed by atoms with Gasteiger partial charge >= 0.3 is 0 Å². The highest BCUT2D eigenvalue weighted by Crippen LogP contribution is 2.28. The molecule has 1 saturated heterocycles. The molecule has 0 radical (unpaired) electrons. The molecule has 0 aliphatic carbocycles. The summed E-state index contributed by atoms with van der Waals surface area (Å²) in [4.78, 5) is 2.25. The molecular formula is C14H18N4. The van der Waals surface area contributed by atoms with Crippen LogP contribution in [-0.4, -0.2) is 29.3 Å². The zero-order valence-electron chi connectivity index (χ0n) is 10.8. The van der Waals surface area contributed by atoms with Gasteiger partial charge in [-0.1, -0.05) is 31.2 Å². The summed E-state index contributed by atoms with van der Waals surface area (Å²) in [5, 5.41) is 11.0. The lowest BCUT2D eigenvalue weighted by Crippen LogP contribution is -2.28. The zero-order valence-corrected chi connectivity index (χ0v) is 10.8. The number of hydrogen-bond acceptors (Lipinski definition) is 4. The summed E-state index contributed by atoms with van der Waals surface area (Å²) in [5.41, 5.74) is 7.07. The van der Waals surface area contributed by atoms with Crippen LogP contribution in [-0.2, 0) is 0 Å². The van der Waals surface area contributed by atoms with Crippen molar-refractivity contribution >= 4 is 16.6 Å². The van der Waals surface area contributed by atoms with Crippen molar-refractivity contribution in [2.75, 3.05) is 18.0 Å². The highest BCUT2D eigenvalue weighted by molar-refractivity contribution is 5.93. The minimum Gasteiger partial charge on any atom is -0.353 e. The first kappa shape index (κ1) is 11.4. The van der Waals surface area contributed by atoms with Crippen molar-refractivity contribution < 1.29 is 0 Å². The van der Waals surface area contributed by atoms with E-state index in [0.29, 0.717) is 5.92 Å². The van der Waals surface area contributed by atoms with Crippen molar-refractivity contribution in [3.05, 3.63) is 30.0 Å². The number of rotatable bonds is 1. The van der Waals surface area contributed by atoms with E-state index in [1.807, 2.05) is 19.1 Å². The van der Waals surface area contributed by atoms with Crippen LogP contribution in [0.4, 0.5) is 5.82 Å². The lowest BCUT2D eigenvalue weighted by atomic mass is 10.1. The molecule has 1 fully saturated rings. The van der Waals surface area contributed by atoms with Gasteiger partial charge in [-0.25, -0.2) is 0 Å². The number of nitrogens with zero attached hydrogens (tertiary/aromatic N) is 3. The second-order valence-electron chi connectivity index (χ2n) is 5.20. The molecule has 1 aliphatic rings. The summed E-state index contributed by atoms with van der Waals surface area (Å²) in [6.07, 6.45) is 0. The fraction of sp³-hybridized carbons (Fsp3) is 0.429. The van der Waals surface area contributed by atoms with Crippen LogP contribution < -0.4 is 10.6 Å². The summed E-state index contributed by atoms with van der Waals surface area (Å²) in [7, 11) is 0. The van der Waals surface area contributed by atoms with Crippen molar-refractivity contribution in [3.8, 4) is 0 Å². The maximum atomic E-state index is 6.09. The Hall–Kier alpha value is -1.68. The van der Waals surface area contributed by atoms with E-state index in [9.17, 15) is 0 Å². The van der Waals surface area contributed by atoms with Gasteiger partial charge in [0.05, 0.1) is 5.69 Å². The molecule has 1 aliphatic heterocycles. The van der Waals surface area contributed by atoms with Crippen molar-refractivity contribution in [1.29, 1.82) is 0 Å². The van der Waals surface area contributed by atoms with Crippen LogP contribution in [0, 0.1) is 12.8 Å². The Morgan fingerprint density at radius 1 is 1.17 bits per heavy atom. The largest absolute Gasteiger partial charge is 0.353 e. The van der Waals surface area contributed by atoms with Crippen molar-refractivity contribution in [2.45, 2.75) is 19.9 Å². The van der Waals surface area contributed by atoms with Gasteiger partial charge in [-0.3, -0.25) is 0 Å². The Morgan fingerprint density at radius 3 is 2.56 bits per heavy atom. The number of hydrogen-bond donors (Lipinski definition) is 1. The standard InChI is InChI=1S/C14H18N4/c1-9-7-18(8-13(9)15)14-12-6-4-3-5-11(12)10(2)16-17-14/h3-6,9,13H,7-8,15H2,1-2H3. The molecule has 1 aromatic heterocycles. The van der Waals surface area contributed by atoms with Crippen LogP contribution in [0.3, 0.4) is 0 Å². The molecule has 94 valence electrons. The van der Waals surface area contributed by atoms with Crippen molar-refractivity contribution in [2.24, 2.45) is 11.7 Å². The molecule has 0 amide bonds. The van der Waals surface area contributed by atoms with Crippen LogP contribution in [0.15, 0.2) is 24.3 Å². The molecule has 2 N–H and O–H groups in total. The number of benzene rings is 1. The third-order valence-corrected chi connectivity index (χ3v) is 3.82. The van der Waals surface area contributed by atoms with Crippen molar-refractivity contribution in [1.82, 2.24) is 10.2 Å². The van der Waals surface area contributed by atoms with Crippen LogP contribution >= 0.6 is 0 Å². The van der Waals surface area contributed by atoms with E-state index in [1.54, 1.807) is 0 Å². The van der Waals surface area contributed by atoms with Crippen LogP contribution in [0.1, 0.15) is 12.6 Å². The molecule has 1 aromatic carbocycles. The Morgan fingerprint density at radius 2 is 1.89 bits per heavy atom. The molecule has 4 nitrogen and oxygen atoms in total. The highest BCUT2D eigenvalue weighted by atomic mass is 15.3. The monoisotopic (exact) mass is 242 g/mol. The highest BCUT2D eigenvalue weighted by Gasteiger charge is 2.28. The quantitative estimate of drug-likeness (QED) is 0.827. The first-order chi connectivity index (χ1) is 8.66. The van der Waals surface area contributed by atoms with Gasteiger partial charge in [0.15, 0.2) is 5.82 Å². The van der Waals surface area contributed by atoms with Gasteiger partial charge < -0.3 is 10.6 Å². The molecular weight excluding hydrogens is 224 g/mol. The fourth-order valence-electron chi connectivity index (χ4n) is 2.62. The van der Waals surface area contributed by atoms with Gasteiger partial charge in [-0.2, -0.15) is 5.10 Å². The summed E-state index contributed by atoms with van der Waals surface area (Å²) in [6.45, 7) is 6.01. The van der Waals surface area contributed by atoms with E-state index in [1.165, 1.54) is 10.8 Å². The lowest BCUT2D eigenvalue weighted by Gasteiger charge is -2.18. The third-order valence-electron chi connectivity index (χ3n) is 3.82. The number of aromatic nitrogens is 2. The molecule has 2 atom stereocenters. The maximum absolute atomic E-state index is 6.09. The van der Waals surface area contributed by atoms with E-state index < -0.39 is 0 Å². The van der Waals surface area contributed by atoms with Gasteiger partial charge in [0.1, 0.15) is 0 Å². The molecule has 4 heteroatoms. The number of aryl methyl sites for hydroxylation is 1. The number of fused-ring (bicyclic) bond motifs is 1. The third kappa shape index (κ3) is 1.73. The van der Waals surface area contributed by atoms with E-state index in [2.05, 4.69) is 34.2 Å².